The molecule has 1 atom stereocenters. The molecule has 8 heteroatoms. The summed E-state index contributed by atoms with van der Waals surface area (Å²) in [6.45, 7) is 0.449. The highest BCUT2D eigenvalue weighted by Gasteiger charge is 2.33. The molecule has 0 bridgehead atoms. The Labute approximate surface area is 179 Å². The van der Waals surface area contributed by atoms with Crippen LogP contribution in [0.5, 0.6) is 17.2 Å². The summed E-state index contributed by atoms with van der Waals surface area (Å²) in [5.41, 5.74) is 2.67. The number of halogens is 1. The fraction of sp³-hybridized carbons (Fsp3) is 0.273. The van der Waals surface area contributed by atoms with Gasteiger partial charge >= 0.3 is 0 Å². The van der Waals surface area contributed by atoms with E-state index in [2.05, 4.69) is 10.4 Å². The van der Waals surface area contributed by atoms with Crippen LogP contribution >= 0.6 is 11.6 Å². The normalized spacial score (nSPS) is 15.3. The Bertz CT molecular complexity index is 1100. The van der Waals surface area contributed by atoms with Crippen molar-refractivity contribution >= 4 is 23.3 Å². The van der Waals surface area contributed by atoms with Crippen LogP contribution in [-0.4, -0.2) is 37.0 Å². The maximum absolute atomic E-state index is 12.6. The second kappa shape index (κ2) is 8.28. The topological polar surface area (TPSA) is 74.6 Å². The Morgan fingerprint density at radius 2 is 1.83 bits per heavy atom. The molecule has 0 unspecified atom stereocenters. The number of methoxy groups -OCH3 is 3. The average molecular weight is 428 g/mol. The Morgan fingerprint density at radius 3 is 2.53 bits per heavy atom. The standard InChI is InChI=1S/C22H22ClN3O4/c1-28-18-9-8-14(20(29-2)21(18)30-3)15-10-19(27)25-22-16(15)11-24-26(22)12-13-6-4-5-7-17(13)23/h4-9,11,15H,10,12H2,1-3H3,(H,25,27)/t15-/m0/s1. The highest BCUT2D eigenvalue weighted by Crippen LogP contribution is 2.47. The lowest BCUT2D eigenvalue weighted by atomic mass is 9.86. The van der Waals surface area contributed by atoms with Crippen molar-refractivity contribution in [2.45, 2.75) is 18.9 Å². The molecule has 1 amide bonds. The SMILES string of the molecule is COc1ccc([C@@H]2CC(=O)Nc3c2cnn3Cc2ccccc2Cl)c(OC)c1OC. The van der Waals surface area contributed by atoms with E-state index in [1.54, 1.807) is 32.2 Å². The molecule has 156 valence electrons. The van der Waals surface area contributed by atoms with Crippen molar-refractivity contribution in [2.24, 2.45) is 0 Å². The zero-order valence-corrected chi connectivity index (χ0v) is 17.7. The predicted molar refractivity (Wildman–Crippen MR) is 114 cm³/mol. The number of ether oxygens (including phenoxy) is 3. The number of hydrogen-bond donors (Lipinski definition) is 1. The molecule has 2 heterocycles. The van der Waals surface area contributed by atoms with Crippen LogP contribution in [0.3, 0.4) is 0 Å². The van der Waals surface area contributed by atoms with Gasteiger partial charge < -0.3 is 19.5 Å². The number of amides is 1. The molecule has 0 radical (unpaired) electrons. The van der Waals surface area contributed by atoms with Gasteiger partial charge in [-0.2, -0.15) is 5.10 Å². The number of carbonyl (C=O) groups excluding carboxylic acids is 1. The van der Waals surface area contributed by atoms with Gasteiger partial charge in [0.05, 0.1) is 34.1 Å². The molecule has 1 aromatic heterocycles. The third-order valence-electron chi connectivity index (χ3n) is 5.28. The van der Waals surface area contributed by atoms with Gasteiger partial charge in [0.25, 0.3) is 0 Å². The molecule has 1 N–H and O–H groups in total. The minimum atomic E-state index is -0.233. The van der Waals surface area contributed by atoms with Crippen molar-refractivity contribution in [1.29, 1.82) is 0 Å². The number of fused-ring (bicyclic) bond motifs is 1. The predicted octanol–water partition coefficient (Wildman–Crippen LogP) is 4.08. The first kappa shape index (κ1) is 20.1. The first-order valence-electron chi connectivity index (χ1n) is 9.45. The zero-order chi connectivity index (χ0) is 21.3. The van der Waals surface area contributed by atoms with Crippen molar-refractivity contribution in [2.75, 3.05) is 26.6 Å². The molecule has 3 aromatic rings. The lowest BCUT2D eigenvalue weighted by Gasteiger charge is -2.26. The minimum absolute atomic E-state index is 0.0924. The summed E-state index contributed by atoms with van der Waals surface area (Å²) in [6.07, 6.45) is 2.06. The number of nitrogens with zero attached hydrogens (tertiary/aromatic N) is 2. The Balaban J connectivity index is 1.78. The Hall–Kier alpha value is -3.19. The number of anilines is 1. The molecule has 2 aromatic carbocycles. The van der Waals surface area contributed by atoms with E-state index in [9.17, 15) is 4.79 Å². The van der Waals surface area contributed by atoms with Crippen molar-refractivity contribution in [3.8, 4) is 17.2 Å². The van der Waals surface area contributed by atoms with Gasteiger partial charge in [-0.05, 0) is 17.7 Å². The lowest BCUT2D eigenvalue weighted by Crippen LogP contribution is -2.25. The summed E-state index contributed by atoms with van der Waals surface area (Å²) in [7, 11) is 4.71. The van der Waals surface area contributed by atoms with Gasteiger partial charge in [-0.15, -0.1) is 0 Å². The van der Waals surface area contributed by atoms with Crippen molar-refractivity contribution in [1.82, 2.24) is 9.78 Å². The number of benzene rings is 2. The molecule has 7 nitrogen and oxygen atoms in total. The van der Waals surface area contributed by atoms with E-state index in [-0.39, 0.29) is 18.2 Å². The molecule has 0 saturated heterocycles. The second-order valence-electron chi connectivity index (χ2n) is 6.93. The third kappa shape index (κ3) is 3.45. The van der Waals surface area contributed by atoms with Crippen LogP contribution in [0.2, 0.25) is 5.02 Å². The van der Waals surface area contributed by atoms with E-state index >= 15 is 0 Å². The Kier molecular flexibility index (Phi) is 5.55. The van der Waals surface area contributed by atoms with E-state index in [1.165, 1.54) is 0 Å². The molecule has 4 rings (SSSR count). The van der Waals surface area contributed by atoms with E-state index < -0.39 is 0 Å². The van der Waals surface area contributed by atoms with Gasteiger partial charge in [0, 0.05) is 28.5 Å². The van der Waals surface area contributed by atoms with Gasteiger partial charge in [0.1, 0.15) is 5.82 Å². The lowest BCUT2D eigenvalue weighted by molar-refractivity contribution is -0.116. The molecule has 1 aliphatic heterocycles. The second-order valence-corrected chi connectivity index (χ2v) is 7.33. The smallest absolute Gasteiger partial charge is 0.226 e. The van der Waals surface area contributed by atoms with Crippen LogP contribution in [0.25, 0.3) is 0 Å². The number of hydrogen-bond acceptors (Lipinski definition) is 5. The fourth-order valence-electron chi connectivity index (χ4n) is 3.85. The first-order valence-corrected chi connectivity index (χ1v) is 9.83. The molecule has 0 saturated carbocycles. The third-order valence-corrected chi connectivity index (χ3v) is 5.65. The van der Waals surface area contributed by atoms with Crippen molar-refractivity contribution in [3.05, 3.63) is 64.3 Å². The van der Waals surface area contributed by atoms with E-state index in [1.807, 2.05) is 36.4 Å². The zero-order valence-electron chi connectivity index (χ0n) is 16.9. The molecular formula is C22H22ClN3O4. The molecular weight excluding hydrogens is 406 g/mol. The number of rotatable bonds is 6. The fourth-order valence-corrected chi connectivity index (χ4v) is 4.05. The van der Waals surface area contributed by atoms with E-state index in [0.29, 0.717) is 34.6 Å². The largest absolute Gasteiger partial charge is 0.493 e. The summed E-state index contributed by atoms with van der Waals surface area (Å²) >= 11 is 6.31. The maximum atomic E-state index is 12.6. The average Bonchev–Trinajstić information content (AvgIpc) is 3.16. The van der Waals surface area contributed by atoms with Gasteiger partial charge in [-0.3, -0.25) is 4.79 Å². The van der Waals surface area contributed by atoms with Crippen LogP contribution in [0.1, 0.15) is 29.0 Å². The van der Waals surface area contributed by atoms with Gasteiger partial charge in [0.15, 0.2) is 11.5 Å². The van der Waals surface area contributed by atoms with Crippen LogP contribution in [0.4, 0.5) is 5.82 Å². The Morgan fingerprint density at radius 1 is 1.07 bits per heavy atom. The minimum Gasteiger partial charge on any atom is -0.493 e. The van der Waals surface area contributed by atoms with Crippen LogP contribution in [0, 0.1) is 0 Å². The summed E-state index contributed by atoms with van der Waals surface area (Å²) < 4.78 is 18.3. The number of carbonyl (C=O) groups is 1. The molecule has 0 spiro atoms. The number of aromatic nitrogens is 2. The highest BCUT2D eigenvalue weighted by atomic mass is 35.5. The van der Waals surface area contributed by atoms with Crippen molar-refractivity contribution < 1.29 is 19.0 Å². The van der Waals surface area contributed by atoms with E-state index in [0.717, 1.165) is 16.7 Å². The maximum Gasteiger partial charge on any atom is 0.226 e. The summed E-state index contributed by atoms with van der Waals surface area (Å²) in [6, 6.07) is 11.3. The quantitative estimate of drug-likeness (QED) is 0.641. The molecule has 0 aliphatic carbocycles. The molecule has 0 fully saturated rings. The van der Waals surface area contributed by atoms with Gasteiger partial charge in [-0.1, -0.05) is 35.9 Å². The number of nitrogens with one attached hydrogen (secondary N) is 1. The molecule has 1 aliphatic rings. The summed E-state index contributed by atoms with van der Waals surface area (Å²) in [5, 5.41) is 8.14. The van der Waals surface area contributed by atoms with Crippen LogP contribution in [-0.2, 0) is 11.3 Å². The van der Waals surface area contributed by atoms with Crippen molar-refractivity contribution in [3.63, 3.8) is 0 Å². The summed E-state index contributed by atoms with van der Waals surface area (Å²) in [4.78, 5) is 12.6. The monoisotopic (exact) mass is 427 g/mol. The summed E-state index contributed by atoms with van der Waals surface area (Å²) in [5.74, 6) is 1.93. The highest BCUT2D eigenvalue weighted by molar-refractivity contribution is 6.31. The van der Waals surface area contributed by atoms with E-state index in [4.69, 9.17) is 25.8 Å². The van der Waals surface area contributed by atoms with Crippen LogP contribution < -0.4 is 19.5 Å². The molecule has 30 heavy (non-hydrogen) atoms. The van der Waals surface area contributed by atoms with Gasteiger partial charge in [0.2, 0.25) is 11.7 Å². The first-order chi connectivity index (χ1) is 14.6. The van der Waals surface area contributed by atoms with Crippen LogP contribution in [0.15, 0.2) is 42.6 Å². The van der Waals surface area contributed by atoms with Gasteiger partial charge in [-0.25, -0.2) is 4.68 Å².